The lowest BCUT2D eigenvalue weighted by atomic mass is 9.87. The fourth-order valence-corrected chi connectivity index (χ4v) is 3.82. The van der Waals surface area contributed by atoms with Crippen molar-refractivity contribution in [2.24, 2.45) is 5.41 Å². The van der Waals surface area contributed by atoms with E-state index in [0.29, 0.717) is 6.04 Å². The first kappa shape index (κ1) is 14.3. The van der Waals surface area contributed by atoms with Crippen LogP contribution in [0.5, 0.6) is 0 Å². The van der Waals surface area contributed by atoms with Crippen molar-refractivity contribution in [1.29, 1.82) is 0 Å². The van der Waals surface area contributed by atoms with Crippen molar-refractivity contribution >= 4 is 38.7 Å². The number of imidazole rings is 1. The molecule has 1 fully saturated rings. The van der Waals surface area contributed by atoms with Gasteiger partial charge in [-0.25, -0.2) is 9.97 Å². The molecule has 20 heavy (non-hydrogen) atoms. The molecular weight excluding hydrogens is 338 g/mol. The van der Waals surface area contributed by atoms with Crippen molar-refractivity contribution in [2.75, 3.05) is 0 Å². The molecule has 108 valence electrons. The van der Waals surface area contributed by atoms with Crippen molar-refractivity contribution in [2.45, 2.75) is 51.5 Å². The van der Waals surface area contributed by atoms with Gasteiger partial charge in [-0.05, 0) is 47.2 Å². The molecule has 0 aromatic carbocycles. The maximum Gasteiger partial charge on any atom is 0.160 e. The fraction of sp³-hybridized carbons (Fsp3) is 0.600. The van der Waals surface area contributed by atoms with E-state index in [1.54, 1.807) is 0 Å². The molecule has 2 atom stereocenters. The lowest BCUT2D eigenvalue weighted by molar-refractivity contribution is 0.260. The second kappa shape index (κ2) is 4.99. The Morgan fingerprint density at radius 2 is 2.25 bits per heavy atom. The number of rotatable bonds is 2. The third-order valence-electron chi connectivity index (χ3n) is 4.39. The zero-order valence-corrected chi connectivity index (χ0v) is 14.4. The van der Waals surface area contributed by atoms with Gasteiger partial charge in [-0.1, -0.05) is 20.3 Å². The van der Waals surface area contributed by atoms with E-state index in [1.807, 2.05) is 19.2 Å². The van der Waals surface area contributed by atoms with Crippen LogP contribution in [0.15, 0.2) is 16.7 Å². The van der Waals surface area contributed by atoms with Gasteiger partial charge < -0.3 is 4.57 Å². The number of hydrogen-bond donors (Lipinski definition) is 0. The zero-order chi connectivity index (χ0) is 14.5. The molecule has 3 rings (SSSR count). The molecule has 5 heteroatoms. The Kier molecular flexibility index (Phi) is 3.57. The van der Waals surface area contributed by atoms with Gasteiger partial charge in [-0.3, -0.25) is 0 Å². The standard InChI is InChI=1S/C15H19BrClN3/c1-9(17)13-19-11-7-10(16)8-18-14(11)20(13)12-5-4-6-15(12,2)3/h7-9,12H,4-6H2,1-3H3. The molecule has 2 aromatic rings. The van der Waals surface area contributed by atoms with Crippen LogP contribution in [-0.4, -0.2) is 14.5 Å². The minimum absolute atomic E-state index is 0.112. The molecule has 0 radical (unpaired) electrons. The second-order valence-electron chi connectivity index (χ2n) is 6.35. The molecule has 0 amide bonds. The SMILES string of the molecule is CC(Cl)c1nc2cc(Br)cnc2n1C1CCCC1(C)C. The van der Waals surface area contributed by atoms with Gasteiger partial charge >= 0.3 is 0 Å². The molecule has 1 aliphatic carbocycles. The summed E-state index contributed by atoms with van der Waals surface area (Å²) in [6.07, 6.45) is 5.51. The predicted octanol–water partition coefficient (Wildman–Crippen LogP) is 5.24. The van der Waals surface area contributed by atoms with Gasteiger partial charge in [-0.2, -0.15) is 0 Å². The van der Waals surface area contributed by atoms with Gasteiger partial charge in [0.2, 0.25) is 0 Å². The van der Waals surface area contributed by atoms with Crippen LogP contribution in [0.4, 0.5) is 0 Å². The highest BCUT2D eigenvalue weighted by Gasteiger charge is 2.38. The summed E-state index contributed by atoms with van der Waals surface area (Å²) in [6.45, 7) is 6.65. The summed E-state index contributed by atoms with van der Waals surface area (Å²) in [5.41, 5.74) is 2.14. The Labute approximate surface area is 132 Å². The Morgan fingerprint density at radius 1 is 1.50 bits per heavy atom. The first-order valence-corrected chi connectivity index (χ1v) is 8.30. The van der Waals surface area contributed by atoms with Crippen LogP contribution in [-0.2, 0) is 0 Å². The average molecular weight is 357 g/mol. The Bertz CT molecular complexity index is 648. The molecule has 3 nitrogen and oxygen atoms in total. The Balaban J connectivity index is 2.24. The van der Waals surface area contributed by atoms with E-state index in [0.717, 1.165) is 21.5 Å². The Morgan fingerprint density at radius 3 is 2.85 bits per heavy atom. The summed E-state index contributed by atoms with van der Waals surface area (Å²) in [6, 6.07) is 2.45. The molecule has 1 saturated carbocycles. The molecule has 0 aliphatic heterocycles. The molecule has 0 saturated heterocycles. The third kappa shape index (κ3) is 2.27. The molecule has 0 N–H and O–H groups in total. The van der Waals surface area contributed by atoms with Crippen LogP contribution in [0.25, 0.3) is 11.2 Å². The average Bonchev–Trinajstić information content (AvgIpc) is 2.88. The fourth-order valence-electron chi connectivity index (χ4n) is 3.35. The van der Waals surface area contributed by atoms with Crippen LogP contribution in [0.3, 0.4) is 0 Å². The summed E-state index contributed by atoms with van der Waals surface area (Å²) in [7, 11) is 0. The van der Waals surface area contributed by atoms with Gasteiger partial charge in [0.25, 0.3) is 0 Å². The number of pyridine rings is 1. The quantitative estimate of drug-likeness (QED) is 0.688. The van der Waals surface area contributed by atoms with E-state index >= 15 is 0 Å². The van der Waals surface area contributed by atoms with Gasteiger partial charge in [0.1, 0.15) is 11.3 Å². The molecule has 2 unspecified atom stereocenters. The lowest BCUT2D eigenvalue weighted by Gasteiger charge is -2.30. The highest BCUT2D eigenvalue weighted by molar-refractivity contribution is 9.10. The molecule has 1 aliphatic rings. The van der Waals surface area contributed by atoms with Crippen LogP contribution in [0, 0.1) is 5.41 Å². The van der Waals surface area contributed by atoms with Crippen molar-refractivity contribution in [3.8, 4) is 0 Å². The van der Waals surface area contributed by atoms with Crippen LogP contribution < -0.4 is 0 Å². The minimum atomic E-state index is -0.112. The van der Waals surface area contributed by atoms with Crippen molar-refractivity contribution in [3.63, 3.8) is 0 Å². The number of fused-ring (bicyclic) bond motifs is 1. The summed E-state index contributed by atoms with van der Waals surface area (Å²) in [5.74, 6) is 0.937. The Hall–Kier alpha value is -0.610. The van der Waals surface area contributed by atoms with Gasteiger partial charge in [-0.15, -0.1) is 11.6 Å². The minimum Gasteiger partial charge on any atom is -0.308 e. The first-order valence-electron chi connectivity index (χ1n) is 7.07. The van der Waals surface area contributed by atoms with Crippen molar-refractivity contribution in [1.82, 2.24) is 14.5 Å². The topological polar surface area (TPSA) is 30.7 Å². The molecule has 2 aromatic heterocycles. The second-order valence-corrected chi connectivity index (χ2v) is 7.92. The first-order chi connectivity index (χ1) is 9.40. The highest BCUT2D eigenvalue weighted by Crippen LogP contribution is 2.48. The van der Waals surface area contributed by atoms with E-state index in [2.05, 4.69) is 39.3 Å². The summed E-state index contributed by atoms with van der Waals surface area (Å²) >= 11 is 9.83. The van der Waals surface area contributed by atoms with E-state index in [-0.39, 0.29) is 10.8 Å². The molecule has 0 bridgehead atoms. The van der Waals surface area contributed by atoms with Crippen LogP contribution >= 0.6 is 27.5 Å². The number of nitrogens with zero attached hydrogens (tertiary/aromatic N) is 3. The van der Waals surface area contributed by atoms with Crippen molar-refractivity contribution in [3.05, 3.63) is 22.6 Å². The summed E-state index contributed by atoms with van der Waals surface area (Å²) in [5, 5.41) is -0.112. The summed E-state index contributed by atoms with van der Waals surface area (Å²) in [4.78, 5) is 9.31. The number of alkyl halides is 1. The molecular formula is C15H19BrClN3. The van der Waals surface area contributed by atoms with E-state index < -0.39 is 0 Å². The third-order valence-corrected chi connectivity index (χ3v) is 5.02. The molecule has 0 spiro atoms. The van der Waals surface area contributed by atoms with E-state index in [9.17, 15) is 0 Å². The number of halogens is 2. The van der Waals surface area contributed by atoms with Gasteiger partial charge in [0.15, 0.2) is 5.65 Å². The van der Waals surface area contributed by atoms with E-state index in [4.69, 9.17) is 16.6 Å². The predicted molar refractivity (Wildman–Crippen MR) is 86.2 cm³/mol. The van der Waals surface area contributed by atoms with Crippen LogP contribution in [0.1, 0.15) is 57.3 Å². The summed E-state index contributed by atoms with van der Waals surface area (Å²) < 4.78 is 3.24. The largest absolute Gasteiger partial charge is 0.308 e. The monoisotopic (exact) mass is 355 g/mol. The van der Waals surface area contributed by atoms with Crippen molar-refractivity contribution < 1.29 is 0 Å². The normalized spacial score (nSPS) is 23.4. The van der Waals surface area contributed by atoms with E-state index in [1.165, 1.54) is 19.3 Å². The zero-order valence-electron chi connectivity index (χ0n) is 12.0. The van der Waals surface area contributed by atoms with Gasteiger partial charge in [0.05, 0.1) is 5.38 Å². The lowest BCUT2D eigenvalue weighted by Crippen LogP contribution is -2.23. The molecule has 2 heterocycles. The maximum absolute atomic E-state index is 6.37. The highest BCUT2D eigenvalue weighted by atomic mass is 79.9. The van der Waals surface area contributed by atoms with Crippen LogP contribution in [0.2, 0.25) is 0 Å². The number of hydrogen-bond acceptors (Lipinski definition) is 2. The maximum atomic E-state index is 6.37. The smallest absolute Gasteiger partial charge is 0.160 e. The van der Waals surface area contributed by atoms with Gasteiger partial charge in [0, 0.05) is 16.7 Å². The number of aromatic nitrogens is 3.